The molecule has 3 aliphatic rings. The van der Waals surface area contributed by atoms with Crippen molar-refractivity contribution in [3.05, 3.63) is 65.6 Å². The number of nitrogens with zero attached hydrogens (tertiary/aromatic N) is 6. The molecule has 1 atom stereocenters. The zero-order chi connectivity index (χ0) is 28.5. The van der Waals surface area contributed by atoms with Gasteiger partial charge in [-0.1, -0.05) is 36.9 Å². The summed E-state index contributed by atoms with van der Waals surface area (Å²) in [5.74, 6) is -0.658. The Bertz CT molecular complexity index is 1450. The summed E-state index contributed by atoms with van der Waals surface area (Å²) in [5, 5.41) is 2.52. The predicted molar refractivity (Wildman–Crippen MR) is 160 cm³/mol. The van der Waals surface area contributed by atoms with Gasteiger partial charge in [-0.2, -0.15) is 9.97 Å². The van der Waals surface area contributed by atoms with E-state index in [4.69, 9.17) is 14.7 Å². The van der Waals surface area contributed by atoms with Crippen LogP contribution in [0.3, 0.4) is 0 Å². The Morgan fingerprint density at radius 2 is 1.80 bits per heavy atom. The first kappa shape index (κ1) is 27.4. The lowest BCUT2D eigenvalue weighted by molar-refractivity contribution is -0.128. The van der Waals surface area contributed by atoms with Gasteiger partial charge in [0.1, 0.15) is 12.4 Å². The molecular formula is C32H39FN6O2. The molecule has 2 aromatic carbocycles. The van der Waals surface area contributed by atoms with Gasteiger partial charge in [0.05, 0.1) is 12.2 Å². The Morgan fingerprint density at radius 1 is 1.02 bits per heavy atom. The minimum Gasteiger partial charge on any atom is -0.462 e. The third-order valence-corrected chi connectivity index (χ3v) is 8.85. The number of anilines is 2. The number of benzene rings is 2. The molecule has 0 unspecified atom stereocenters. The van der Waals surface area contributed by atoms with Gasteiger partial charge < -0.3 is 24.3 Å². The van der Waals surface area contributed by atoms with E-state index < -0.39 is 11.7 Å². The molecule has 0 spiro atoms. The van der Waals surface area contributed by atoms with E-state index in [2.05, 4.69) is 71.6 Å². The number of carbonyl (C=O) groups is 1. The molecule has 0 N–H and O–H groups in total. The van der Waals surface area contributed by atoms with Crippen molar-refractivity contribution < 1.29 is 13.9 Å². The highest BCUT2D eigenvalue weighted by Crippen LogP contribution is 2.35. The molecule has 2 saturated heterocycles. The monoisotopic (exact) mass is 558 g/mol. The Morgan fingerprint density at radius 3 is 2.54 bits per heavy atom. The summed E-state index contributed by atoms with van der Waals surface area (Å²) in [5.41, 5.74) is 4.62. The van der Waals surface area contributed by atoms with E-state index in [-0.39, 0.29) is 0 Å². The number of likely N-dealkylation sites (tertiary alicyclic amines) is 1. The molecule has 1 amide bonds. The third kappa shape index (κ3) is 5.60. The normalized spacial score (nSPS) is 19.8. The molecule has 0 radical (unpaired) electrons. The summed E-state index contributed by atoms with van der Waals surface area (Å²) in [6.45, 7) is 10.6. The van der Waals surface area contributed by atoms with Crippen molar-refractivity contribution in [1.82, 2.24) is 19.8 Å². The van der Waals surface area contributed by atoms with E-state index in [1.807, 2.05) is 0 Å². The summed E-state index contributed by atoms with van der Waals surface area (Å²) in [7, 11) is 2.14. The number of likely N-dealkylation sites (N-methyl/N-ethyl adjacent to an activating group) is 1. The van der Waals surface area contributed by atoms with Crippen LogP contribution in [0.25, 0.3) is 10.8 Å². The van der Waals surface area contributed by atoms with Crippen LogP contribution in [0.1, 0.15) is 36.1 Å². The minimum absolute atomic E-state index is 0.361. The highest BCUT2D eigenvalue weighted by atomic mass is 19.1. The van der Waals surface area contributed by atoms with Crippen LogP contribution in [0.4, 0.5) is 15.9 Å². The highest BCUT2D eigenvalue weighted by molar-refractivity contribution is 5.97. The number of piperazine rings is 1. The van der Waals surface area contributed by atoms with E-state index in [1.54, 1.807) is 0 Å². The van der Waals surface area contributed by atoms with Crippen LogP contribution in [0, 0.1) is 6.92 Å². The van der Waals surface area contributed by atoms with Crippen LogP contribution >= 0.6 is 0 Å². The van der Waals surface area contributed by atoms with Crippen LogP contribution in [-0.4, -0.2) is 84.6 Å². The lowest BCUT2D eigenvalue weighted by Gasteiger charge is -2.36. The largest absolute Gasteiger partial charge is 0.462 e. The van der Waals surface area contributed by atoms with Gasteiger partial charge in [-0.15, -0.1) is 0 Å². The first-order chi connectivity index (χ1) is 19.9. The fourth-order valence-corrected chi connectivity index (χ4v) is 6.54. The smallest absolute Gasteiger partial charge is 0.318 e. The first-order valence-corrected chi connectivity index (χ1v) is 14.7. The molecule has 3 aliphatic heterocycles. The van der Waals surface area contributed by atoms with Gasteiger partial charge in [0.25, 0.3) is 5.91 Å². The molecule has 4 heterocycles. The van der Waals surface area contributed by atoms with Gasteiger partial charge in [0.15, 0.2) is 5.83 Å². The van der Waals surface area contributed by atoms with E-state index >= 15 is 0 Å². The number of fused-ring (bicyclic) bond motifs is 2. The van der Waals surface area contributed by atoms with Crippen molar-refractivity contribution in [3.63, 3.8) is 0 Å². The molecule has 216 valence electrons. The number of ether oxygens (including phenoxy) is 1. The quantitative estimate of drug-likeness (QED) is 0.413. The molecule has 6 rings (SSSR count). The standard InChI is InChI=1S/C32H39FN6O2/c1-22-8-4-9-24-10-5-13-28(29(22)24)39-15-7-12-26-27(20-39)34-32(41-21-25-11-6-14-36(25)3)35-30(26)37-16-18-38(19-17-37)31(40)23(2)33/h4-5,8-10,13,25H,2,6-7,11-12,14-21H2,1,3H3/t25-/m0/s1. The number of rotatable bonds is 6. The molecule has 8 nitrogen and oxygen atoms in total. The van der Waals surface area contributed by atoms with E-state index in [0.717, 1.165) is 49.4 Å². The Hall–Kier alpha value is -3.72. The maximum atomic E-state index is 13.5. The first-order valence-electron chi connectivity index (χ1n) is 14.7. The van der Waals surface area contributed by atoms with Crippen LogP contribution in [0.5, 0.6) is 6.01 Å². The maximum Gasteiger partial charge on any atom is 0.318 e. The van der Waals surface area contributed by atoms with Crippen molar-refractivity contribution >= 4 is 28.2 Å². The maximum absolute atomic E-state index is 13.5. The van der Waals surface area contributed by atoms with Gasteiger partial charge in [-0.05, 0) is 63.2 Å². The van der Waals surface area contributed by atoms with Crippen molar-refractivity contribution in [3.8, 4) is 6.01 Å². The summed E-state index contributed by atoms with van der Waals surface area (Å²) >= 11 is 0. The number of halogens is 1. The molecule has 9 heteroatoms. The summed E-state index contributed by atoms with van der Waals surface area (Å²) < 4.78 is 19.8. The molecule has 1 aromatic heterocycles. The van der Waals surface area contributed by atoms with E-state index in [1.165, 1.54) is 33.3 Å². The SMILES string of the molecule is C=C(F)C(=O)N1CCN(c2nc(OC[C@@H]3CCCN3C)nc3c2CCCN(c2cccc4cccc(C)c24)C3)CC1. The molecular weight excluding hydrogens is 519 g/mol. The average molecular weight is 559 g/mol. The number of hydrogen-bond acceptors (Lipinski definition) is 7. The van der Waals surface area contributed by atoms with Gasteiger partial charge in [-0.25, -0.2) is 4.39 Å². The zero-order valence-electron chi connectivity index (χ0n) is 24.1. The Balaban J connectivity index is 1.33. The van der Waals surface area contributed by atoms with Crippen molar-refractivity contribution in [2.24, 2.45) is 0 Å². The van der Waals surface area contributed by atoms with Crippen molar-refractivity contribution in [2.75, 3.05) is 62.7 Å². The molecule has 0 bridgehead atoms. The molecule has 41 heavy (non-hydrogen) atoms. The molecule has 3 aromatic rings. The van der Waals surface area contributed by atoms with Gasteiger partial charge in [0.2, 0.25) is 0 Å². The summed E-state index contributed by atoms with van der Waals surface area (Å²) in [6, 6.07) is 13.7. The average Bonchev–Trinajstić information content (AvgIpc) is 3.27. The second-order valence-electron chi connectivity index (χ2n) is 11.5. The second kappa shape index (κ2) is 11.6. The van der Waals surface area contributed by atoms with Gasteiger partial charge in [0, 0.05) is 55.4 Å². The number of aromatic nitrogens is 2. The lowest BCUT2D eigenvalue weighted by atomic mass is 10.0. The second-order valence-corrected chi connectivity index (χ2v) is 11.5. The highest BCUT2D eigenvalue weighted by Gasteiger charge is 2.29. The number of hydrogen-bond donors (Lipinski definition) is 0. The van der Waals surface area contributed by atoms with Gasteiger partial charge in [-0.3, -0.25) is 4.79 Å². The van der Waals surface area contributed by atoms with Crippen molar-refractivity contribution in [1.29, 1.82) is 0 Å². The molecule has 0 aliphatic carbocycles. The Kier molecular flexibility index (Phi) is 7.79. The molecule has 2 fully saturated rings. The predicted octanol–water partition coefficient (Wildman–Crippen LogP) is 4.50. The topological polar surface area (TPSA) is 65.0 Å². The van der Waals surface area contributed by atoms with E-state index in [9.17, 15) is 9.18 Å². The molecule has 0 saturated carbocycles. The number of amides is 1. The lowest BCUT2D eigenvalue weighted by Crippen LogP contribution is -2.49. The fraction of sp³-hybridized carbons (Fsp3) is 0.469. The van der Waals surface area contributed by atoms with Crippen molar-refractivity contribution in [2.45, 2.75) is 45.2 Å². The summed E-state index contributed by atoms with van der Waals surface area (Å²) in [4.78, 5) is 30.7. The van der Waals surface area contributed by atoms with Crippen LogP contribution in [-0.2, 0) is 17.8 Å². The van der Waals surface area contributed by atoms with Crippen LogP contribution < -0.4 is 14.5 Å². The number of aryl methyl sites for hydroxylation is 1. The van der Waals surface area contributed by atoms with Crippen LogP contribution in [0.15, 0.2) is 48.8 Å². The third-order valence-electron chi connectivity index (χ3n) is 8.85. The van der Waals surface area contributed by atoms with E-state index in [0.29, 0.717) is 51.4 Å². The van der Waals surface area contributed by atoms with Crippen LogP contribution in [0.2, 0.25) is 0 Å². The minimum atomic E-state index is -0.911. The number of carbonyl (C=O) groups excluding carboxylic acids is 1. The zero-order valence-corrected chi connectivity index (χ0v) is 24.1. The fourth-order valence-electron chi connectivity index (χ4n) is 6.54. The Labute approximate surface area is 241 Å². The van der Waals surface area contributed by atoms with Gasteiger partial charge >= 0.3 is 6.01 Å². The summed E-state index contributed by atoms with van der Waals surface area (Å²) in [6.07, 6.45) is 4.11.